The highest BCUT2D eigenvalue weighted by molar-refractivity contribution is 5.78. The van der Waals surface area contributed by atoms with E-state index in [0.29, 0.717) is 18.8 Å². The predicted molar refractivity (Wildman–Crippen MR) is 60.6 cm³/mol. The Kier molecular flexibility index (Phi) is 2.37. The molecule has 0 aliphatic carbocycles. The van der Waals surface area contributed by atoms with Crippen LogP contribution in [0, 0.1) is 5.92 Å². The van der Waals surface area contributed by atoms with Crippen LogP contribution in [0.3, 0.4) is 0 Å². The number of fused-ring (bicyclic) bond motifs is 1. The number of carbonyl (C=O) groups is 1. The van der Waals surface area contributed by atoms with E-state index < -0.39 is 18.0 Å². The van der Waals surface area contributed by atoms with Crippen LogP contribution < -0.4 is 0 Å². The molecule has 1 aromatic carbocycles. The van der Waals surface area contributed by atoms with Crippen LogP contribution in [0.2, 0.25) is 0 Å². The van der Waals surface area contributed by atoms with Gasteiger partial charge < -0.3 is 14.3 Å². The summed E-state index contributed by atoms with van der Waals surface area (Å²) in [6.45, 7) is 0.471. The predicted octanol–water partition coefficient (Wildman–Crippen LogP) is 2.60. The van der Waals surface area contributed by atoms with Crippen molar-refractivity contribution in [1.29, 1.82) is 0 Å². The molecule has 2 atom stereocenters. The van der Waals surface area contributed by atoms with Crippen molar-refractivity contribution in [2.75, 3.05) is 6.61 Å². The first-order chi connectivity index (χ1) is 8.25. The lowest BCUT2D eigenvalue weighted by Gasteiger charge is -2.11. The molecule has 2 aromatic rings. The van der Waals surface area contributed by atoms with Gasteiger partial charge in [-0.3, -0.25) is 4.79 Å². The molecule has 0 saturated carbocycles. The topological polar surface area (TPSA) is 59.7 Å². The maximum atomic E-state index is 11.1. The van der Waals surface area contributed by atoms with Crippen LogP contribution in [0.4, 0.5) is 0 Å². The minimum atomic E-state index is -0.826. The molecule has 17 heavy (non-hydrogen) atoms. The van der Waals surface area contributed by atoms with E-state index in [2.05, 4.69) is 0 Å². The second-order valence-electron chi connectivity index (χ2n) is 4.21. The first kappa shape index (κ1) is 10.4. The summed E-state index contributed by atoms with van der Waals surface area (Å²) in [4.78, 5) is 11.1. The Hall–Kier alpha value is -1.81. The molecule has 88 valence electrons. The third-order valence-electron chi connectivity index (χ3n) is 3.13. The van der Waals surface area contributed by atoms with E-state index in [9.17, 15) is 4.79 Å². The molecule has 3 rings (SSSR count). The zero-order valence-electron chi connectivity index (χ0n) is 9.13. The molecule has 1 aliphatic heterocycles. The van der Waals surface area contributed by atoms with Crippen LogP contribution in [-0.4, -0.2) is 17.7 Å². The van der Waals surface area contributed by atoms with Crippen LogP contribution in [0.5, 0.6) is 0 Å². The minimum absolute atomic E-state index is 0.458. The van der Waals surface area contributed by atoms with Crippen LogP contribution in [-0.2, 0) is 9.53 Å². The Morgan fingerprint density at radius 3 is 2.94 bits per heavy atom. The van der Waals surface area contributed by atoms with Crippen molar-refractivity contribution in [2.45, 2.75) is 12.5 Å². The Bertz CT molecular complexity index is 524. The van der Waals surface area contributed by atoms with E-state index in [4.69, 9.17) is 14.3 Å². The van der Waals surface area contributed by atoms with Crippen LogP contribution in [0.25, 0.3) is 11.0 Å². The van der Waals surface area contributed by atoms with Gasteiger partial charge in [0.1, 0.15) is 17.4 Å². The number of rotatable bonds is 2. The van der Waals surface area contributed by atoms with Crippen molar-refractivity contribution in [3.63, 3.8) is 0 Å². The molecule has 4 nitrogen and oxygen atoms in total. The minimum Gasteiger partial charge on any atom is -0.481 e. The SMILES string of the molecule is O=C(O)C1CCOC1c1cc2ccccc2o1. The quantitative estimate of drug-likeness (QED) is 0.864. The van der Waals surface area contributed by atoms with Gasteiger partial charge in [0.15, 0.2) is 0 Å². The maximum absolute atomic E-state index is 11.1. The second kappa shape index (κ2) is 3.89. The average molecular weight is 232 g/mol. The van der Waals surface area contributed by atoms with Crippen molar-refractivity contribution < 1.29 is 19.1 Å². The Balaban J connectivity index is 2.00. The van der Waals surface area contributed by atoms with E-state index in [-0.39, 0.29) is 0 Å². The fourth-order valence-corrected chi connectivity index (χ4v) is 2.27. The molecule has 2 heterocycles. The number of ether oxygens (including phenoxy) is 1. The molecule has 1 aliphatic rings. The molecule has 2 unspecified atom stereocenters. The van der Waals surface area contributed by atoms with Gasteiger partial charge in [-0.1, -0.05) is 18.2 Å². The molecular weight excluding hydrogens is 220 g/mol. The molecule has 4 heteroatoms. The van der Waals surface area contributed by atoms with Crippen LogP contribution >= 0.6 is 0 Å². The van der Waals surface area contributed by atoms with Gasteiger partial charge in [-0.15, -0.1) is 0 Å². The Labute approximate surface area is 97.8 Å². The van der Waals surface area contributed by atoms with Gasteiger partial charge in [0.05, 0.1) is 5.92 Å². The number of carboxylic acid groups (broad SMARTS) is 1. The summed E-state index contributed by atoms with van der Waals surface area (Å²) in [5, 5.41) is 10.1. The fourth-order valence-electron chi connectivity index (χ4n) is 2.27. The third kappa shape index (κ3) is 1.70. The monoisotopic (exact) mass is 232 g/mol. The summed E-state index contributed by atoms with van der Waals surface area (Å²) in [5.74, 6) is -0.723. The van der Waals surface area contributed by atoms with Gasteiger partial charge in [0.2, 0.25) is 0 Å². The van der Waals surface area contributed by atoms with Crippen molar-refractivity contribution in [3.05, 3.63) is 36.1 Å². The highest BCUT2D eigenvalue weighted by Crippen LogP contribution is 2.37. The highest BCUT2D eigenvalue weighted by Gasteiger charge is 2.37. The smallest absolute Gasteiger partial charge is 0.309 e. The molecule has 1 aromatic heterocycles. The van der Waals surface area contributed by atoms with Crippen molar-refractivity contribution >= 4 is 16.9 Å². The molecule has 1 fully saturated rings. The summed E-state index contributed by atoms with van der Waals surface area (Å²) < 4.78 is 11.1. The summed E-state index contributed by atoms with van der Waals surface area (Å²) in [6.07, 6.45) is 0.0803. The molecule has 0 spiro atoms. The van der Waals surface area contributed by atoms with E-state index in [1.165, 1.54) is 0 Å². The summed E-state index contributed by atoms with van der Waals surface area (Å²) in [6, 6.07) is 9.48. The number of furan rings is 1. The van der Waals surface area contributed by atoms with Gasteiger partial charge in [0.25, 0.3) is 0 Å². The first-order valence-electron chi connectivity index (χ1n) is 5.58. The van der Waals surface area contributed by atoms with Gasteiger partial charge >= 0.3 is 5.97 Å². The lowest BCUT2D eigenvalue weighted by molar-refractivity contribution is -0.144. The maximum Gasteiger partial charge on any atom is 0.309 e. The fraction of sp³-hybridized carbons (Fsp3) is 0.308. The largest absolute Gasteiger partial charge is 0.481 e. The first-order valence-corrected chi connectivity index (χ1v) is 5.58. The van der Waals surface area contributed by atoms with Gasteiger partial charge in [-0.25, -0.2) is 0 Å². The Morgan fingerprint density at radius 1 is 1.35 bits per heavy atom. The summed E-state index contributed by atoms with van der Waals surface area (Å²) in [5.41, 5.74) is 0.766. The summed E-state index contributed by atoms with van der Waals surface area (Å²) in [7, 11) is 0. The van der Waals surface area contributed by atoms with E-state index in [1.807, 2.05) is 30.3 Å². The molecule has 0 radical (unpaired) electrons. The van der Waals surface area contributed by atoms with Gasteiger partial charge in [-0.05, 0) is 18.6 Å². The molecule has 0 amide bonds. The third-order valence-corrected chi connectivity index (χ3v) is 3.13. The molecular formula is C13H12O4. The zero-order valence-corrected chi connectivity index (χ0v) is 9.13. The van der Waals surface area contributed by atoms with Crippen LogP contribution in [0.15, 0.2) is 34.7 Å². The van der Waals surface area contributed by atoms with Gasteiger partial charge in [0, 0.05) is 12.0 Å². The average Bonchev–Trinajstić information content (AvgIpc) is 2.95. The second-order valence-corrected chi connectivity index (χ2v) is 4.21. The van der Waals surface area contributed by atoms with Crippen molar-refractivity contribution in [1.82, 2.24) is 0 Å². The summed E-state index contributed by atoms with van der Waals surface area (Å²) >= 11 is 0. The van der Waals surface area contributed by atoms with E-state index >= 15 is 0 Å². The number of benzene rings is 1. The Morgan fingerprint density at radius 2 is 2.18 bits per heavy atom. The molecule has 1 saturated heterocycles. The van der Waals surface area contributed by atoms with Crippen molar-refractivity contribution in [3.8, 4) is 0 Å². The number of carboxylic acids is 1. The molecule has 1 N–H and O–H groups in total. The van der Waals surface area contributed by atoms with E-state index in [1.54, 1.807) is 0 Å². The normalized spacial score (nSPS) is 24.2. The van der Waals surface area contributed by atoms with Crippen molar-refractivity contribution in [2.24, 2.45) is 5.92 Å². The molecule has 0 bridgehead atoms. The number of hydrogen-bond acceptors (Lipinski definition) is 3. The zero-order chi connectivity index (χ0) is 11.8. The lowest BCUT2D eigenvalue weighted by atomic mass is 10.00. The van der Waals surface area contributed by atoms with Gasteiger partial charge in [-0.2, -0.15) is 0 Å². The standard InChI is InChI=1S/C13H12O4/c14-13(15)9-5-6-16-12(9)11-7-8-3-1-2-4-10(8)17-11/h1-4,7,9,12H,5-6H2,(H,14,15). The number of hydrogen-bond donors (Lipinski definition) is 1. The number of para-hydroxylation sites is 1. The highest BCUT2D eigenvalue weighted by atomic mass is 16.5. The van der Waals surface area contributed by atoms with E-state index in [0.717, 1.165) is 11.0 Å². The lowest BCUT2D eigenvalue weighted by Crippen LogP contribution is -2.16. The number of aliphatic carboxylic acids is 1. The van der Waals surface area contributed by atoms with Crippen LogP contribution in [0.1, 0.15) is 18.3 Å².